The lowest BCUT2D eigenvalue weighted by atomic mass is 10.1. The first-order chi connectivity index (χ1) is 10.2. The summed E-state index contributed by atoms with van der Waals surface area (Å²) in [6.45, 7) is 4.89. The molecular weight excluding hydrogens is 266 g/mol. The van der Waals surface area contributed by atoms with Gasteiger partial charge in [-0.1, -0.05) is 17.7 Å². The summed E-state index contributed by atoms with van der Waals surface area (Å²) in [6, 6.07) is 7.81. The number of hydrogen-bond donors (Lipinski definition) is 2. The minimum absolute atomic E-state index is 0.0285. The second-order valence-corrected chi connectivity index (χ2v) is 5.50. The standard InChI is InChI=1S/C16H25N3O2/c1-13-3-5-14(6-4-13)18-16(20)19-10-7-15(8-11-19)21-12-2-9-17/h3-6,15H,2,7-12,17H2,1H3,(H,18,20). The minimum atomic E-state index is -0.0285. The first-order valence-corrected chi connectivity index (χ1v) is 7.63. The van der Waals surface area contributed by atoms with Crippen molar-refractivity contribution in [3.05, 3.63) is 29.8 Å². The molecule has 0 unspecified atom stereocenters. The largest absolute Gasteiger partial charge is 0.378 e. The fourth-order valence-corrected chi connectivity index (χ4v) is 2.40. The molecule has 5 nitrogen and oxygen atoms in total. The number of anilines is 1. The molecule has 0 aromatic heterocycles. The van der Waals surface area contributed by atoms with E-state index in [9.17, 15) is 4.79 Å². The van der Waals surface area contributed by atoms with E-state index in [1.807, 2.05) is 36.1 Å². The van der Waals surface area contributed by atoms with Crippen LogP contribution in [0.2, 0.25) is 0 Å². The van der Waals surface area contributed by atoms with Crippen molar-refractivity contribution in [2.45, 2.75) is 32.3 Å². The van der Waals surface area contributed by atoms with Gasteiger partial charge in [-0.15, -0.1) is 0 Å². The molecule has 2 rings (SSSR count). The summed E-state index contributed by atoms with van der Waals surface area (Å²) >= 11 is 0. The molecule has 21 heavy (non-hydrogen) atoms. The zero-order valence-corrected chi connectivity index (χ0v) is 12.7. The molecule has 1 aliphatic rings. The zero-order valence-electron chi connectivity index (χ0n) is 12.7. The summed E-state index contributed by atoms with van der Waals surface area (Å²) in [5.74, 6) is 0. The molecule has 1 aromatic rings. The Kier molecular flexibility index (Phi) is 6.02. The van der Waals surface area contributed by atoms with Gasteiger partial charge in [0.2, 0.25) is 0 Å². The highest BCUT2D eigenvalue weighted by Crippen LogP contribution is 2.16. The number of carbonyl (C=O) groups excluding carboxylic acids is 1. The van der Waals surface area contributed by atoms with Gasteiger partial charge in [0.05, 0.1) is 6.10 Å². The maximum Gasteiger partial charge on any atom is 0.321 e. The van der Waals surface area contributed by atoms with Crippen molar-refractivity contribution in [3.8, 4) is 0 Å². The summed E-state index contributed by atoms with van der Waals surface area (Å²) in [4.78, 5) is 14.0. The molecular formula is C16H25N3O2. The Labute approximate surface area is 126 Å². The van der Waals surface area contributed by atoms with Crippen LogP contribution in [0.15, 0.2) is 24.3 Å². The fraction of sp³-hybridized carbons (Fsp3) is 0.562. The first-order valence-electron chi connectivity index (χ1n) is 7.63. The third-order valence-electron chi connectivity index (χ3n) is 3.73. The van der Waals surface area contributed by atoms with Gasteiger partial charge in [0.15, 0.2) is 0 Å². The summed E-state index contributed by atoms with van der Waals surface area (Å²) in [5, 5.41) is 2.94. The second kappa shape index (κ2) is 8.00. The van der Waals surface area contributed by atoms with Crippen LogP contribution in [0.5, 0.6) is 0 Å². The molecule has 3 N–H and O–H groups in total. The Morgan fingerprint density at radius 2 is 2.00 bits per heavy atom. The van der Waals surface area contributed by atoms with Crippen LogP contribution in [-0.2, 0) is 4.74 Å². The smallest absolute Gasteiger partial charge is 0.321 e. The van der Waals surface area contributed by atoms with Gasteiger partial charge in [-0.3, -0.25) is 0 Å². The quantitative estimate of drug-likeness (QED) is 0.818. The average Bonchev–Trinajstić information content (AvgIpc) is 2.50. The molecule has 1 aliphatic heterocycles. The van der Waals surface area contributed by atoms with Crippen molar-refractivity contribution in [3.63, 3.8) is 0 Å². The van der Waals surface area contributed by atoms with Gasteiger partial charge in [-0.05, 0) is 44.9 Å². The summed E-state index contributed by atoms with van der Waals surface area (Å²) in [6.07, 6.45) is 2.95. The maximum absolute atomic E-state index is 12.2. The van der Waals surface area contributed by atoms with Crippen LogP contribution < -0.4 is 11.1 Å². The third kappa shape index (κ3) is 5.02. The Bertz CT molecular complexity index is 439. The zero-order chi connectivity index (χ0) is 15.1. The van der Waals surface area contributed by atoms with E-state index < -0.39 is 0 Å². The number of likely N-dealkylation sites (tertiary alicyclic amines) is 1. The molecule has 0 radical (unpaired) electrons. The van der Waals surface area contributed by atoms with Gasteiger partial charge < -0.3 is 20.7 Å². The topological polar surface area (TPSA) is 67.6 Å². The fourth-order valence-electron chi connectivity index (χ4n) is 2.40. The van der Waals surface area contributed by atoms with Crippen LogP contribution in [-0.4, -0.2) is 43.3 Å². The van der Waals surface area contributed by atoms with Crippen molar-refractivity contribution in [1.82, 2.24) is 4.90 Å². The highest BCUT2D eigenvalue weighted by molar-refractivity contribution is 5.89. The maximum atomic E-state index is 12.2. The molecule has 0 bridgehead atoms. The number of benzene rings is 1. The second-order valence-electron chi connectivity index (χ2n) is 5.50. The van der Waals surface area contributed by atoms with E-state index in [2.05, 4.69) is 5.32 Å². The molecule has 1 saturated heterocycles. The predicted molar refractivity (Wildman–Crippen MR) is 84.4 cm³/mol. The molecule has 1 fully saturated rings. The van der Waals surface area contributed by atoms with Crippen LogP contribution in [0.4, 0.5) is 10.5 Å². The number of ether oxygens (including phenoxy) is 1. The first kappa shape index (κ1) is 15.8. The number of nitrogens with two attached hydrogens (primary N) is 1. The number of piperidine rings is 1. The molecule has 0 atom stereocenters. The van der Waals surface area contributed by atoms with Crippen LogP contribution in [0.3, 0.4) is 0 Å². The number of nitrogens with one attached hydrogen (secondary N) is 1. The number of aryl methyl sites for hydroxylation is 1. The van der Waals surface area contributed by atoms with Gasteiger partial charge in [-0.2, -0.15) is 0 Å². The number of nitrogens with zero attached hydrogens (tertiary/aromatic N) is 1. The van der Waals surface area contributed by atoms with E-state index in [-0.39, 0.29) is 12.1 Å². The number of hydrogen-bond acceptors (Lipinski definition) is 3. The molecule has 2 amide bonds. The van der Waals surface area contributed by atoms with Crippen LogP contribution in [0, 0.1) is 6.92 Å². The van der Waals surface area contributed by atoms with Gasteiger partial charge in [0.25, 0.3) is 0 Å². The van der Waals surface area contributed by atoms with E-state index in [4.69, 9.17) is 10.5 Å². The third-order valence-corrected chi connectivity index (χ3v) is 3.73. The highest BCUT2D eigenvalue weighted by atomic mass is 16.5. The van der Waals surface area contributed by atoms with Gasteiger partial charge in [-0.25, -0.2) is 4.79 Å². The lowest BCUT2D eigenvalue weighted by Crippen LogP contribution is -2.43. The molecule has 116 valence electrons. The summed E-state index contributed by atoms with van der Waals surface area (Å²) < 4.78 is 5.74. The van der Waals surface area contributed by atoms with E-state index in [1.54, 1.807) is 0 Å². The normalized spacial score (nSPS) is 16.0. The lowest BCUT2D eigenvalue weighted by Gasteiger charge is -2.32. The van der Waals surface area contributed by atoms with Crippen LogP contribution in [0.1, 0.15) is 24.8 Å². The Hall–Kier alpha value is -1.59. The highest BCUT2D eigenvalue weighted by Gasteiger charge is 2.23. The number of amides is 2. The van der Waals surface area contributed by atoms with Crippen LogP contribution >= 0.6 is 0 Å². The number of urea groups is 1. The Morgan fingerprint density at radius 1 is 1.33 bits per heavy atom. The summed E-state index contributed by atoms with van der Waals surface area (Å²) in [7, 11) is 0. The molecule has 5 heteroatoms. The van der Waals surface area contributed by atoms with Crippen molar-refractivity contribution in [1.29, 1.82) is 0 Å². The van der Waals surface area contributed by atoms with E-state index >= 15 is 0 Å². The van der Waals surface area contributed by atoms with E-state index in [1.165, 1.54) is 5.56 Å². The number of rotatable bonds is 5. The monoisotopic (exact) mass is 291 g/mol. The van der Waals surface area contributed by atoms with Gasteiger partial charge in [0.1, 0.15) is 0 Å². The molecule has 1 heterocycles. The van der Waals surface area contributed by atoms with Crippen LogP contribution in [0.25, 0.3) is 0 Å². The SMILES string of the molecule is Cc1ccc(NC(=O)N2CCC(OCCCN)CC2)cc1. The van der Waals surface area contributed by atoms with E-state index in [0.717, 1.165) is 44.6 Å². The van der Waals surface area contributed by atoms with Gasteiger partial charge >= 0.3 is 6.03 Å². The lowest BCUT2D eigenvalue weighted by molar-refractivity contribution is 0.0156. The van der Waals surface area contributed by atoms with Gasteiger partial charge in [0, 0.05) is 25.4 Å². The van der Waals surface area contributed by atoms with E-state index in [0.29, 0.717) is 6.54 Å². The molecule has 1 aromatic carbocycles. The Morgan fingerprint density at radius 3 is 2.62 bits per heavy atom. The minimum Gasteiger partial charge on any atom is -0.378 e. The Balaban J connectivity index is 1.74. The predicted octanol–water partition coefficient (Wildman–Crippen LogP) is 2.36. The van der Waals surface area contributed by atoms with Crippen molar-refractivity contribution >= 4 is 11.7 Å². The van der Waals surface area contributed by atoms with Crippen molar-refractivity contribution in [2.24, 2.45) is 5.73 Å². The van der Waals surface area contributed by atoms with Crippen molar-refractivity contribution in [2.75, 3.05) is 31.6 Å². The molecule has 0 aliphatic carbocycles. The van der Waals surface area contributed by atoms with Crippen molar-refractivity contribution < 1.29 is 9.53 Å². The molecule has 0 spiro atoms. The summed E-state index contributed by atoms with van der Waals surface area (Å²) in [5.41, 5.74) is 7.47. The molecule has 0 saturated carbocycles. The number of carbonyl (C=O) groups is 1. The average molecular weight is 291 g/mol.